The Kier molecular flexibility index (Phi) is 5.90. The molecule has 0 saturated carbocycles. The normalized spacial score (nSPS) is 10.9. The minimum absolute atomic E-state index is 0.175. The number of carbonyl (C=O) groups is 1. The van der Waals surface area contributed by atoms with Gasteiger partial charge in [-0.15, -0.1) is 10.2 Å². The second kappa shape index (κ2) is 8.16. The molecule has 0 bridgehead atoms. The van der Waals surface area contributed by atoms with Crippen LogP contribution < -0.4 is 0 Å². The van der Waals surface area contributed by atoms with Crippen molar-refractivity contribution in [3.8, 4) is 11.4 Å². The number of thioether (sulfide) groups is 1. The predicted molar refractivity (Wildman–Crippen MR) is 101 cm³/mol. The molecule has 0 fully saturated rings. The maximum Gasteiger partial charge on any atom is 0.373 e. The number of hydrogen-bond donors (Lipinski definition) is 0. The summed E-state index contributed by atoms with van der Waals surface area (Å²) in [5.41, 5.74) is 0.767. The van der Waals surface area contributed by atoms with E-state index >= 15 is 0 Å². The lowest BCUT2D eigenvalue weighted by molar-refractivity contribution is 0.0563. The highest BCUT2D eigenvalue weighted by atomic mass is 35.5. The van der Waals surface area contributed by atoms with E-state index in [0.717, 1.165) is 10.7 Å². The van der Waals surface area contributed by atoms with Crippen LogP contribution in [0.2, 0.25) is 10.0 Å². The zero-order valence-electron chi connectivity index (χ0n) is 14.0. The van der Waals surface area contributed by atoms with Crippen LogP contribution >= 0.6 is 35.0 Å². The molecule has 0 aliphatic heterocycles. The number of carbonyl (C=O) groups excluding carboxylic acids is 1. The highest BCUT2D eigenvalue weighted by Crippen LogP contribution is 2.32. The van der Waals surface area contributed by atoms with Crippen LogP contribution in [-0.4, -0.2) is 27.8 Å². The fraction of sp³-hybridized carbons (Fsp3) is 0.235. The highest BCUT2D eigenvalue weighted by Gasteiger charge is 2.17. The fourth-order valence-electron chi connectivity index (χ4n) is 2.35. The molecule has 136 valence electrons. The summed E-state index contributed by atoms with van der Waals surface area (Å²) in [6, 6.07) is 8.59. The molecule has 0 amide bonds. The molecule has 0 N–H and O–H groups in total. The molecule has 1 aromatic carbocycles. The second-order valence-corrected chi connectivity index (χ2v) is 7.01. The molecule has 2 heterocycles. The number of hydrogen-bond acceptors (Lipinski definition) is 6. The number of ether oxygens (including phenoxy) is 1. The molecule has 6 nitrogen and oxygen atoms in total. The average Bonchev–Trinajstić information content (AvgIpc) is 3.26. The van der Waals surface area contributed by atoms with E-state index in [4.69, 9.17) is 27.6 Å². The first-order chi connectivity index (χ1) is 12.5. The minimum atomic E-state index is -0.502. The topological polar surface area (TPSA) is 70.2 Å². The molecular weight excluding hydrogens is 397 g/mol. The first kappa shape index (κ1) is 18.8. The Hall–Kier alpha value is -1.96. The quantitative estimate of drug-likeness (QED) is 0.422. The summed E-state index contributed by atoms with van der Waals surface area (Å²) < 4.78 is 12.1. The van der Waals surface area contributed by atoms with E-state index in [-0.39, 0.29) is 5.76 Å². The van der Waals surface area contributed by atoms with Gasteiger partial charge in [0, 0.05) is 17.1 Å². The molecule has 0 unspecified atom stereocenters. The fourth-order valence-corrected chi connectivity index (χ4v) is 3.74. The van der Waals surface area contributed by atoms with E-state index in [2.05, 4.69) is 14.9 Å². The summed E-state index contributed by atoms with van der Waals surface area (Å²) in [7, 11) is 1.31. The van der Waals surface area contributed by atoms with Gasteiger partial charge in [-0.2, -0.15) is 0 Å². The van der Waals surface area contributed by atoms with Crippen LogP contribution in [0.5, 0.6) is 0 Å². The third-order valence-corrected chi connectivity index (χ3v) is 5.13. The molecule has 26 heavy (non-hydrogen) atoms. The number of halogens is 2. The lowest BCUT2D eigenvalue weighted by Crippen LogP contribution is -2.00. The zero-order chi connectivity index (χ0) is 18.7. The summed E-state index contributed by atoms with van der Waals surface area (Å²) in [4.78, 5) is 11.4. The Labute approximate surface area is 164 Å². The maximum absolute atomic E-state index is 11.4. The van der Waals surface area contributed by atoms with Crippen molar-refractivity contribution in [2.75, 3.05) is 7.11 Å². The van der Waals surface area contributed by atoms with Crippen molar-refractivity contribution in [2.45, 2.75) is 24.4 Å². The summed E-state index contributed by atoms with van der Waals surface area (Å²) in [5, 5.41) is 10.3. The molecule has 3 aromatic rings. The largest absolute Gasteiger partial charge is 0.463 e. The molecule has 0 saturated heterocycles. The summed E-state index contributed by atoms with van der Waals surface area (Å²) in [5.74, 6) is 1.49. The smallest absolute Gasteiger partial charge is 0.373 e. The van der Waals surface area contributed by atoms with Crippen molar-refractivity contribution in [3.05, 3.63) is 51.9 Å². The second-order valence-electron chi connectivity index (χ2n) is 5.22. The van der Waals surface area contributed by atoms with E-state index in [0.29, 0.717) is 33.9 Å². The van der Waals surface area contributed by atoms with Gasteiger partial charge in [-0.05, 0) is 37.3 Å². The Morgan fingerprint density at radius 2 is 2.08 bits per heavy atom. The third-order valence-electron chi connectivity index (χ3n) is 3.60. The Morgan fingerprint density at radius 3 is 2.77 bits per heavy atom. The molecule has 0 spiro atoms. The van der Waals surface area contributed by atoms with Crippen LogP contribution in [0.15, 0.2) is 39.9 Å². The first-order valence-electron chi connectivity index (χ1n) is 7.72. The number of furan rings is 1. The van der Waals surface area contributed by atoms with Gasteiger partial charge in [-0.25, -0.2) is 4.79 Å². The molecule has 3 rings (SSSR count). The zero-order valence-corrected chi connectivity index (χ0v) is 16.4. The van der Waals surface area contributed by atoms with Gasteiger partial charge in [-0.3, -0.25) is 0 Å². The standard InChI is InChI=1S/C17H15Cl2N3O3S/c1-3-22-15(12-6-4-10(18)8-13(12)19)20-21-17(22)26-9-11-5-7-14(25-11)16(23)24-2/h4-8H,3,9H2,1-2H3. The van der Waals surface area contributed by atoms with Gasteiger partial charge in [0.1, 0.15) is 5.76 Å². The van der Waals surface area contributed by atoms with Crippen molar-refractivity contribution in [3.63, 3.8) is 0 Å². The molecule has 2 aromatic heterocycles. The lowest BCUT2D eigenvalue weighted by atomic mass is 10.2. The van der Waals surface area contributed by atoms with Crippen LogP contribution in [0.4, 0.5) is 0 Å². The molecule has 0 atom stereocenters. The number of methoxy groups -OCH3 is 1. The van der Waals surface area contributed by atoms with E-state index < -0.39 is 5.97 Å². The molecular formula is C17H15Cl2N3O3S. The Bertz CT molecular complexity index is 939. The molecule has 0 aliphatic rings. The van der Waals surface area contributed by atoms with Gasteiger partial charge in [0.05, 0.1) is 17.9 Å². The van der Waals surface area contributed by atoms with Crippen LogP contribution in [0.1, 0.15) is 23.2 Å². The predicted octanol–water partition coefficient (Wildman–Crippen LogP) is 4.94. The van der Waals surface area contributed by atoms with Crippen molar-refractivity contribution < 1.29 is 13.9 Å². The number of esters is 1. The van der Waals surface area contributed by atoms with E-state index in [1.807, 2.05) is 17.6 Å². The molecule has 0 aliphatic carbocycles. The lowest BCUT2D eigenvalue weighted by Gasteiger charge is -2.08. The van der Waals surface area contributed by atoms with Gasteiger partial charge >= 0.3 is 5.97 Å². The first-order valence-corrected chi connectivity index (χ1v) is 9.46. The van der Waals surface area contributed by atoms with Gasteiger partial charge in [-0.1, -0.05) is 35.0 Å². The van der Waals surface area contributed by atoms with Crippen LogP contribution in [0.3, 0.4) is 0 Å². The van der Waals surface area contributed by atoms with Crippen LogP contribution in [-0.2, 0) is 17.0 Å². The van der Waals surface area contributed by atoms with Gasteiger partial charge in [0.25, 0.3) is 0 Å². The van der Waals surface area contributed by atoms with Crippen molar-refractivity contribution in [1.82, 2.24) is 14.8 Å². The molecule has 9 heteroatoms. The number of nitrogens with zero attached hydrogens (tertiary/aromatic N) is 3. The summed E-state index contributed by atoms with van der Waals surface area (Å²) in [6.45, 7) is 2.68. The molecule has 0 radical (unpaired) electrons. The van der Waals surface area contributed by atoms with Gasteiger partial charge in [0.15, 0.2) is 11.0 Å². The van der Waals surface area contributed by atoms with E-state index in [1.54, 1.807) is 24.3 Å². The number of aromatic nitrogens is 3. The average molecular weight is 412 g/mol. The number of rotatable bonds is 6. The third kappa shape index (κ3) is 3.90. The monoisotopic (exact) mass is 411 g/mol. The summed E-state index contributed by atoms with van der Waals surface area (Å²) >= 11 is 13.7. The SMILES string of the molecule is CCn1c(SCc2ccc(C(=O)OC)o2)nnc1-c1ccc(Cl)cc1Cl. The Morgan fingerprint density at radius 1 is 1.27 bits per heavy atom. The highest BCUT2D eigenvalue weighted by molar-refractivity contribution is 7.98. The van der Waals surface area contributed by atoms with Crippen molar-refractivity contribution >= 4 is 40.9 Å². The summed E-state index contributed by atoms with van der Waals surface area (Å²) in [6.07, 6.45) is 0. The van der Waals surface area contributed by atoms with Gasteiger partial charge in [0.2, 0.25) is 5.76 Å². The van der Waals surface area contributed by atoms with Crippen molar-refractivity contribution in [1.29, 1.82) is 0 Å². The maximum atomic E-state index is 11.4. The van der Waals surface area contributed by atoms with Gasteiger partial charge < -0.3 is 13.7 Å². The Balaban J connectivity index is 1.80. The minimum Gasteiger partial charge on any atom is -0.463 e. The van der Waals surface area contributed by atoms with Crippen LogP contribution in [0, 0.1) is 0 Å². The van der Waals surface area contributed by atoms with E-state index in [1.165, 1.54) is 18.9 Å². The van der Waals surface area contributed by atoms with Crippen molar-refractivity contribution in [2.24, 2.45) is 0 Å². The number of benzene rings is 1. The van der Waals surface area contributed by atoms with E-state index in [9.17, 15) is 4.79 Å². The van der Waals surface area contributed by atoms with Crippen LogP contribution in [0.25, 0.3) is 11.4 Å².